The molecule has 1 aliphatic rings. The van der Waals surface area contributed by atoms with E-state index in [-0.39, 0.29) is 12.6 Å². The average Bonchev–Trinajstić information content (AvgIpc) is 2.86. The molecule has 0 saturated carbocycles. The first-order chi connectivity index (χ1) is 17.1. The average molecular weight is 506 g/mol. The Morgan fingerprint density at radius 3 is 2.36 bits per heavy atom. The highest BCUT2D eigenvalue weighted by Gasteiger charge is 2.32. The quantitative estimate of drug-likeness (QED) is 0.381. The van der Waals surface area contributed by atoms with Crippen LogP contribution in [0.2, 0.25) is 5.02 Å². The van der Waals surface area contributed by atoms with Crippen LogP contribution in [0.3, 0.4) is 0 Å². The first kappa shape index (κ1) is 25.9. The number of aryl methyl sites for hydroxylation is 1. The molecule has 0 fully saturated rings. The lowest BCUT2D eigenvalue weighted by Gasteiger charge is -2.37. The zero-order valence-corrected chi connectivity index (χ0v) is 21.7. The minimum absolute atomic E-state index is 0.109. The summed E-state index contributed by atoms with van der Waals surface area (Å²) in [7, 11) is 0. The summed E-state index contributed by atoms with van der Waals surface area (Å²) in [5.41, 5.74) is 5.24. The Morgan fingerprint density at radius 2 is 1.72 bits per heavy atom. The van der Waals surface area contributed by atoms with Gasteiger partial charge < -0.3 is 14.7 Å². The Morgan fingerprint density at radius 1 is 1.06 bits per heavy atom. The molecule has 0 spiro atoms. The SMILES string of the molecule is CC(C)(C)OC(=O)N(C[C@H](O)c1ccc(Cl)cc1)[C@H]1CCc2ccc(-c3ccc(C=O)cc3)cc2C1. The zero-order chi connectivity index (χ0) is 25.9. The van der Waals surface area contributed by atoms with Crippen LogP contribution < -0.4 is 0 Å². The van der Waals surface area contributed by atoms with E-state index in [4.69, 9.17) is 16.3 Å². The maximum absolute atomic E-state index is 13.3. The molecule has 1 N–H and O–H groups in total. The van der Waals surface area contributed by atoms with E-state index in [1.165, 1.54) is 11.1 Å². The summed E-state index contributed by atoms with van der Waals surface area (Å²) in [6.07, 6.45) is 1.84. The van der Waals surface area contributed by atoms with Crippen molar-refractivity contribution < 1.29 is 19.4 Å². The van der Waals surface area contributed by atoms with Crippen molar-refractivity contribution in [3.8, 4) is 11.1 Å². The van der Waals surface area contributed by atoms with Gasteiger partial charge in [-0.3, -0.25) is 4.79 Å². The number of amides is 1. The third kappa shape index (κ3) is 6.34. The van der Waals surface area contributed by atoms with E-state index in [1.54, 1.807) is 29.2 Å². The summed E-state index contributed by atoms with van der Waals surface area (Å²) in [6.45, 7) is 5.66. The number of carbonyl (C=O) groups is 2. The topological polar surface area (TPSA) is 66.8 Å². The van der Waals surface area contributed by atoms with E-state index in [1.807, 2.05) is 45.0 Å². The molecule has 36 heavy (non-hydrogen) atoms. The highest BCUT2D eigenvalue weighted by atomic mass is 35.5. The molecule has 3 aromatic carbocycles. The molecule has 188 valence electrons. The number of rotatable bonds is 6. The first-order valence-corrected chi connectivity index (χ1v) is 12.6. The molecule has 0 radical (unpaired) electrons. The largest absolute Gasteiger partial charge is 0.444 e. The van der Waals surface area contributed by atoms with E-state index in [2.05, 4.69) is 18.2 Å². The van der Waals surface area contributed by atoms with Gasteiger partial charge in [0.05, 0.1) is 12.6 Å². The van der Waals surface area contributed by atoms with E-state index in [9.17, 15) is 14.7 Å². The van der Waals surface area contributed by atoms with Crippen LogP contribution in [-0.4, -0.2) is 40.6 Å². The number of hydrogen-bond donors (Lipinski definition) is 1. The molecule has 0 bridgehead atoms. The summed E-state index contributed by atoms with van der Waals surface area (Å²) in [4.78, 5) is 26.0. The van der Waals surface area contributed by atoms with Gasteiger partial charge >= 0.3 is 6.09 Å². The number of halogens is 1. The van der Waals surface area contributed by atoms with Crippen molar-refractivity contribution in [2.45, 2.75) is 57.8 Å². The normalized spacial score (nSPS) is 16.1. The molecule has 0 aliphatic heterocycles. The molecule has 0 saturated heterocycles. The van der Waals surface area contributed by atoms with Crippen LogP contribution >= 0.6 is 11.6 Å². The first-order valence-electron chi connectivity index (χ1n) is 12.2. The van der Waals surface area contributed by atoms with Crippen LogP contribution in [0.25, 0.3) is 11.1 Å². The van der Waals surface area contributed by atoms with Crippen molar-refractivity contribution in [2.75, 3.05) is 6.54 Å². The van der Waals surface area contributed by atoms with Crippen molar-refractivity contribution in [3.05, 3.63) is 94.0 Å². The van der Waals surface area contributed by atoms with Crippen molar-refractivity contribution >= 4 is 24.0 Å². The number of aliphatic hydroxyl groups excluding tert-OH is 1. The van der Waals surface area contributed by atoms with Crippen LogP contribution in [0, 0.1) is 0 Å². The highest BCUT2D eigenvalue weighted by Crippen LogP contribution is 2.31. The Bertz CT molecular complexity index is 1220. The highest BCUT2D eigenvalue weighted by molar-refractivity contribution is 6.30. The minimum atomic E-state index is -0.862. The van der Waals surface area contributed by atoms with Crippen molar-refractivity contribution in [2.24, 2.45) is 0 Å². The second-order valence-corrected chi connectivity index (χ2v) is 10.8. The Balaban J connectivity index is 1.59. The van der Waals surface area contributed by atoms with Gasteiger partial charge in [0.2, 0.25) is 0 Å². The molecule has 0 aromatic heterocycles. The van der Waals surface area contributed by atoms with Crippen LogP contribution in [-0.2, 0) is 17.6 Å². The number of nitrogens with zero attached hydrogens (tertiary/aromatic N) is 1. The van der Waals surface area contributed by atoms with Gasteiger partial charge in [-0.2, -0.15) is 0 Å². The molecule has 1 amide bonds. The molecular formula is C30H32ClNO4. The fraction of sp³-hybridized carbons (Fsp3) is 0.333. The van der Waals surface area contributed by atoms with Gasteiger partial charge in [0, 0.05) is 16.6 Å². The maximum atomic E-state index is 13.3. The van der Waals surface area contributed by atoms with E-state index in [0.717, 1.165) is 30.3 Å². The van der Waals surface area contributed by atoms with Gasteiger partial charge in [0.15, 0.2) is 0 Å². The standard InChI is InChI=1S/C30H32ClNO4/c1-30(2,3)36-29(35)32(18-28(34)23-10-13-26(31)14-11-23)27-15-12-22-8-9-24(16-25(22)17-27)21-6-4-20(19-33)5-7-21/h4-11,13-14,16,19,27-28,34H,12,15,17-18H2,1-3H3/t27-,28-/m0/s1. The van der Waals surface area contributed by atoms with E-state index >= 15 is 0 Å². The Hall–Kier alpha value is -3.15. The van der Waals surface area contributed by atoms with Crippen LogP contribution in [0.4, 0.5) is 4.79 Å². The van der Waals surface area contributed by atoms with E-state index < -0.39 is 17.8 Å². The van der Waals surface area contributed by atoms with Gasteiger partial charge in [-0.15, -0.1) is 0 Å². The van der Waals surface area contributed by atoms with Crippen molar-refractivity contribution in [3.63, 3.8) is 0 Å². The molecule has 6 heteroatoms. The van der Waals surface area contributed by atoms with Gasteiger partial charge in [-0.05, 0) is 80.0 Å². The number of fused-ring (bicyclic) bond motifs is 1. The summed E-state index contributed by atoms with van der Waals surface area (Å²) < 4.78 is 5.74. The summed E-state index contributed by atoms with van der Waals surface area (Å²) in [5.74, 6) is 0. The van der Waals surface area contributed by atoms with Gasteiger partial charge in [-0.1, -0.05) is 66.2 Å². The van der Waals surface area contributed by atoms with Gasteiger partial charge in [0.25, 0.3) is 0 Å². The monoisotopic (exact) mass is 505 g/mol. The molecule has 5 nitrogen and oxygen atoms in total. The fourth-order valence-corrected chi connectivity index (χ4v) is 4.73. The molecule has 0 heterocycles. The summed E-state index contributed by atoms with van der Waals surface area (Å²) in [5, 5.41) is 11.6. The van der Waals surface area contributed by atoms with Crippen molar-refractivity contribution in [1.82, 2.24) is 4.90 Å². The van der Waals surface area contributed by atoms with Gasteiger partial charge in [-0.25, -0.2) is 4.79 Å². The molecule has 4 rings (SSSR count). The van der Waals surface area contributed by atoms with Crippen LogP contribution in [0.15, 0.2) is 66.7 Å². The predicted octanol–water partition coefficient (Wildman–Crippen LogP) is 6.65. The number of benzene rings is 3. The lowest BCUT2D eigenvalue weighted by Crippen LogP contribution is -2.47. The van der Waals surface area contributed by atoms with Crippen molar-refractivity contribution in [1.29, 1.82) is 0 Å². The second-order valence-electron chi connectivity index (χ2n) is 10.3. The molecule has 3 aromatic rings. The lowest BCUT2D eigenvalue weighted by molar-refractivity contribution is 0.00195. The molecule has 2 atom stereocenters. The molecule has 0 unspecified atom stereocenters. The van der Waals surface area contributed by atoms with Crippen LogP contribution in [0.5, 0.6) is 0 Å². The fourth-order valence-electron chi connectivity index (χ4n) is 4.61. The molecule has 1 aliphatic carbocycles. The predicted molar refractivity (Wildman–Crippen MR) is 142 cm³/mol. The summed E-state index contributed by atoms with van der Waals surface area (Å²) in [6, 6.07) is 20.8. The van der Waals surface area contributed by atoms with Crippen LogP contribution in [0.1, 0.15) is 60.3 Å². The third-order valence-corrected chi connectivity index (χ3v) is 6.73. The molecular weight excluding hydrogens is 474 g/mol. The number of aliphatic hydroxyl groups is 1. The van der Waals surface area contributed by atoms with E-state index in [0.29, 0.717) is 22.6 Å². The third-order valence-electron chi connectivity index (χ3n) is 6.48. The number of ether oxygens (including phenoxy) is 1. The van der Waals surface area contributed by atoms with Gasteiger partial charge in [0.1, 0.15) is 11.9 Å². The minimum Gasteiger partial charge on any atom is -0.444 e. The Labute approximate surface area is 217 Å². The smallest absolute Gasteiger partial charge is 0.410 e. The lowest BCUT2D eigenvalue weighted by atomic mass is 9.85. The maximum Gasteiger partial charge on any atom is 0.410 e. The summed E-state index contributed by atoms with van der Waals surface area (Å²) >= 11 is 6.01. The number of carbonyl (C=O) groups excluding carboxylic acids is 2. The number of aldehydes is 1. The Kier molecular flexibility index (Phi) is 7.82. The second kappa shape index (κ2) is 10.9. The zero-order valence-electron chi connectivity index (χ0n) is 20.9. The number of hydrogen-bond acceptors (Lipinski definition) is 4.